The van der Waals surface area contributed by atoms with Crippen molar-refractivity contribution in [3.63, 3.8) is 0 Å². The Kier molecular flexibility index (Phi) is 3.18. The van der Waals surface area contributed by atoms with Gasteiger partial charge in [0.2, 0.25) is 0 Å². The van der Waals surface area contributed by atoms with E-state index in [0.29, 0.717) is 11.5 Å². The Bertz CT molecular complexity index is 410. The molecule has 1 N–H and O–H groups in total. The van der Waals surface area contributed by atoms with Crippen LogP contribution in [0.3, 0.4) is 0 Å². The van der Waals surface area contributed by atoms with E-state index in [1.807, 2.05) is 36.4 Å². The number of para-hydroxylation sites is 2. The highest BCUT2D eigenvalue weighted by molar-refractivity contribution is 5.69. The summed E-state index contributed by atoms with van der Waals surface area (Å²) in [6, 6.07) is 18.2. The third kappa shape index (κ3) is 2.85. The molecule has 0 unspecified atom stereocenters. The first kappa shape index (κ1) is 10.2. The van der Waals surface area contributed by atoms with Crippen LogP contribution in [-0.4, -0.2) is 6.08 Å². The van der Waals surface area contributed by atoms with Crippen LogP contribution in [0.15, 0.2) is 60.7 Å². The molecule has 0 aliphatic heterocycles. The molecule has 0 atom stereocenters. The van der Waals surface area contributed by atoms with E-state index in [1.165, 1.54) is 0 Å². The summed E-state index contributed by atoms with van der Waals surface area (Å²) in [5, 5.41) is 7.52. The standard InChI is InChI=1S/C13H11NO2/c14-13(15-11-7-3-1-4-8-11)16-12-9-5-2-6-10-12/h1-10,14H. The second-order valence-electron chi connectivity index (χ2n) is 3.12. The maximum Gasteiger partial charge on any atom is 0.391 e. The first-order valence-electron chi connectivity index (χ1n) is 4.89. The van der Waals surface area contributed by atoms with Crippen LogP contribution in [0.4, 0.5) is 0 Å². The molecule has 80 valence electrons. The quantitative estimate of drug-likeness (QED) is 0.615. The second kappa shape index (κ2) is 4.98. The van der Waals surface area contributed by atoms with Gasteiger partial charge >= 0.3 is 6.08 Å². The van der Waals surface area contributed by atoms with E-state index in [0.717, 1.165) is 0 Å². The minimum absolute atomic E-state index is 0.239. The summed E-state index contributed by atoms with van der Waals surface area (Å²) in [6.45, 7) is 0. The number of benzene rings is 2. The third-order valence-corrected chi connectivity index (χ3v) is 1.91. The van der Waals surface area contributed by atoms with Crippen LogP contribution in [0.1, 0.15) is 0 Å². The maximum absolute atomic E-state index is 7.52. The van der Waals surface area contributed by atoms with Crippen molar-refractivity contribution in [1.82, 2.24) is 0 Å². The summed E-state index contributed by atoms with van der Waals surface area (Å²) >= 11 is 0. The topological polar surface area (TPSA) is 42.3 Å². The van der Waals surface area contributed by atoms with Crippen molar-refractivity contribution in [2.24, 2.45) is 0 Å². The van der Waals surface area contributed by atoms with Gasteiger partial charge in [-0.25, -0.2) is 5.41 Å². The van der Waals surface area contributed by atoms with Crippen molar-refractivity contribution in [3.8, 4) is 11.5 Å². The highest BCUT2D eigenvalue weighted by Crippen LogP contribution is 2.12. The van der Waals surface area contributed by atoms with Gasteiger partial charge in [-0.05, 0) is 24.3 Å². The van der Waals surface area contributed by atoms with Crippen LogP contribution in [0.2, 0.25) is 0 Å². The molecule has 3 nitrogen and oxygen atoms in total. The van der Waals surface area contributed by atoms with Crippen LogP contribution in [0, 0.1) is 5.41 Å². The third-order valence-electron chi connectivity index (χ3n) is 1.91. The van der Waals surface area contributed by atoms with Crippen molar-refractivity contribution in [2.45, 2.75) is 0 Å². The van der Waals surface area contributed by atoms with E-state index in [-0.39, 0.29) is 6.08 Å². The SMILES string of the molecule is N=C(Oc1ccccc1)Oc1ccccc1. The summed E-state index contributed by atoms with van der Waals surface area (Å²) < 4.78 is 10.4. The fourth-order valence-corrected chi connectivity index (χ4v) is 1.21. The monoisotopic (exact) mass is 213 g/mol. The average Bonchev–Trinajstić information content (AvgIpc) is 2.31. The Balaban J connectivity index is 1.95. The van der Waals surface area contributed by atoms with Gasteiger partial charge in [0.25, 0.3) is 0 Å². The number of rotatable bonds is 2. The molecule has 0 heterocycles. The molecule has 0 radical (unpaired) electrons. The van der Waals surface area contributed by atoms with Crippen molar-refractivity contribution < 1.29 is 9.47 Å². The Morgan fingerprint density at radius 2 is 1.06 bits per heavy atom. The van der Waals surface area contributed by atoms with Gasteiger partial charge in [0.15, 0.2) is 0 Å². The zero-order valence-corrected chi connectivity index (χ0v) is 8.59. The normalized spacial score (nSPS) is 9.50. The van der Waals surface area contributed by atoms with Crippen LogP contribution >= 0.6 is 0 Å². The fraction of sp³-hybridized carbons (Fsp3) is 0. The highest BCUT2D eigenvalue weighted by Gasteiger charge is 2.02. The van der Waals surface area contributed by atoms with Gasteiger partial charge in [-0.2, -0.15) is 0 Å². The van der Waals surface area contributed by atoms with Crippen LogP contribution in [0.5, 0.6) is 11.5 Å². The van der Waals surface area contributed by atoms with E-state index in [1.54, 1.807) is 24.3 Å². The van der Waals surface area contributed by atoms with Crippen LogP contribution in [-0.2, 0) is 0 Å². The molecular formula is C13H11NO2. The summed E-state index contributed by atoms with van der Waals surface area (Å²) in [7, 11) is 0. The molecule has 0 saturated heterocycles. The van der Waals surface area contributed by atoms with Crippen molar-refractivity contribution in [2.75, 3.05) is 0 Å². The summed E-state index contributed by atoms with van der Waals surface area (Å²) in [5.41, 5.74) is 0. The molecule has 0 aliphatic carbocycles. The lowest BCUT2D eigenvalue weighted by atomic mass is 10.3. The summed E-state index contributed by atoms with van der Waals surface area (Å²) in [5.74, 6) is 1.17. The molecule has 2 aromatic carbocycles. The Morgan fingerprint density at radius 1 is 0.688 bits per heavy atom. The molecule has 0 aliphatic rings. The number of nitrogens with one attached hydrogen (secondary N) is 1. The van der Waals surface area contributed by atoms with Gasteiger partial charge in [-0.15, -0.1) is 0 Å². The number of hydrogen-bond donors (Lipinski definition) is 1. The molecule has 0 spiro atoms. The molecule has 0 amide bonds. The molecule has 0 saturated carbocycles. The Morgan fingerprint density at radius 3 is 1.44 bits per heavy atom. The van der Waals surface area contributed by atoms with Gasteiger partial charge in [-0.1, -0.05) is 36.4 Å². The largest absolute Gasteiger partial charge is 0.411 e. The second-order valence-corrected chi connectivity index (χ2v) is 3.12. The van der Waals surface area contributed by atoms with Crippen LogP contribution < -0.4 is 9.47 Å². The lowest BCUT2D eigenvalue weighted by Crippen LogP contribution is -2.14. The highest BCUT2D eigenvalue weighted by atomic mass is 16.7. The average molecular weight is 213 g/mol. The lowest BCUT2D eigenvalue weighted by Gasteiger charge is -2.07. The van der Waals surface area contributed by atoms with Gasteiger partial charge in [-0.3, -0.25) is 0 Å². The van der Waals surface area contributed by atoms with Crippen molar-refractivity contribution >= 4 is 6.08 Å². The fourth-order valence-electron chi connectivity index (χ4n) is 1.21. The minimum Gasteiger partial charge on any atom is -0.411 e. The number of ether oxygens (including phenoxy) is 2. The Labute approximate surface area is 93.8 Å². The molecule has 2 rings (SSSR count). The molecule has 0 bridgehead atoms. The van der Waals surface area contributed by atoms with Gasteiger partial charge in [0, 0.05) is 0 Å². The number of hydrogen-bond acceptors (Lipinski definition) is 3. The zero-order valence-electron chi connectivity index (χ0n) is 8.59. The van der Waals surface area contributed by atoms with E-state index < -0.39 is 0 Å². The van der Waals surface area contributed by atoms with E-state index in [4.69, 9.17) is 14.9 Å². The molecule has 0 fully saturated rings. The zero-order chi connectivity index (χ0) is 11.2. The molecule has 16 heavy (non-hydrogen) atoms. The summed E-state index contributed by atoms with van der Waals surface area (Å²) in [6.07, 6.45) is -0.239. The smallest absolute Gasteiger partial charge is 0.391 e. The van der Waals surface area contributed by atoms with Gasteiger partial charge in [0.1, 0.15) is 11.5 Å². The van der Waals surface area contributed by atoms with Crippen molar-refractivity contribution in [3.05, 3.63) is 60.7 Å². The summed E-state index contributed by atoms with van der Waals surface area (Å²) in [4.78, 5) is 0. The van der Waals surface area contributed by atoms with E-state index in [9.17, 15) is 0 Å². The van der Waals surface area contributed by atoms with E-state index in [2.05, 4.69) is 0 Å². The van der Waals surface area contributed by atoms with E-state index >= 15 is 0 Å². The molecule has 2 aromatic rings. The molecular weight excluding hydrogens is 202 g/mol. The molecule has 3 heteroatoms. The first-order valence-corrected chi connectivity index (χ1v) is 4.89. The first-order chi connectivity index (χ1) is 7.84. The maximum atomic E-state index is 7.52. The van der Waals surface area contributed by atoms with Crippen molar-refractivity contribution in [1.29, 1.82) is 5.41 Å². The minimum atomic E-state index is -0.239. The predicted octanol–water partition coefficient (Wildman–Crippen LogP) is 3.08. The Hall–Kier alpha value is -2.29. The predicted molar refractivity (Wildman–Crippen MR) is 61.9 cm³/mol. The van der Waals surface area contributed by atoms with Gasteiger partial charge < -0.3 is 9.47 Å². The molecule has 0 aromatic heterocycles. The lowest BCUT2D eigenvalue weighted by molar-refractivity contribution is 0.379. The van der Waals surface area contributed by atoms with Gasteiger partial charge in [0.05, 0.1) is 0 Å². The van der Waals surface area contributed by atoms with Crippen LogP contribution in [0.25, 0.3) is 0 Å².